The van der Waals surface area contributed by atoms with Gasteiger partial charge in [0.15, 0.2) is 0 Å². The third kappa shape index (κ3) is 4.19. The van der Waals surface area contributed by atoms with Gasteiger partial charge in [0.2, 0.25) is 0 Å². The molecule has 3 heterocycles. The normalized spacial score (nSPS) is 14.5. The molecule has 0 saturated carbocycles. The van der Waals surface area contributed by atoms with E-state index in [1.54, 1.807) is 4.68 Å². The van der Waals surface area contributed by atoms with Gasteiger partial charge in [-0.15, -0.1) is 12.4 Å². The minimum absolute atomic E-state index is 0. The molecule has 8 heteroatoms. The molecule has 0 spiro atoms. The zero-order valence-corrected chi connectivity index (χ0v) is 15.5. The Morgan fingerprint density at radius 2 is 2.04 bits per heavy atom. The molecule has 0 amide bonds. The first-order valence-corrected chi connectivity index (χ1v) is 8.20. The van der Waals surface area contributed by atoms with Gasteiger partial charge in [0, 0.05) is 50.6 Å². The maximum Gasteiger partial charge on any atom is 0.133 e. The van der Waals surface area contributed by atoms with Crippen LogP contribution in [0, 0.1) is 6.92 Å². The number of ether oxygens (including phenoxy) is 1. The Bertz CT molecular complexity index is 670. The maximum atomic E-state index is 6.27. The third-order valence-corrected chi connectivity index (χ3v) is 4.54. The molecule has 24 heavy (non-hydrogen) atoms. The molecule has 1 aliphatic heterocycles. The van der Waals surface area contributed by atoms with Crippen molar-refractivity contribution in [3.63, 3.8) is 0 Å². The first-order valence-electron chi connectivity index (χ1n) is 7.82. The smallest absolute Gasteiger partial charge is 0.133 e. The zero-order chi connectivity index (χ0) is 16.2. The standard InChI is InChI=1S/C16H22ClN5O.ClH/c1-12-14(15(17)21(2)20-12)11-18-10-13-4-3-5-19-16(13)22-6-8-23-9-7-22;/h3-5,18H,6-11H2,1-2H3;1H. The van der Waals surface area contributed by atoms with Gasteiger partial charge in [0.25, 0.3) is 0 Å². The summed E-state index contributed by atoms with van der Waals surface area (Å²) in [6.45, 7) is 6.70. The van der Waals surface area contributed by atoms with E-state index in [-0.39, 0.29) is 12.4 Å². The van der Waals surface area contributed by atoms with Crippen LogP contribution in [0.25, 0.3) is 0 Å². The SMILES string of the molecule is Cc1nn(C)c(Cl)c1CNCc1cccnc1N1CCOCC1.Cl. The van der Waals surface area contributed by atoms with Gasteiger partial charge in [0.05, 0.1) is 18.9 Å². The molecular weight excluding hydrogens is 349 g/mol. The van der Waals surface area contributed by atoms with Crippen molar-refractivity contribution in [3.8, 4) is 0 Å². The molecule has 0 aliphatic carbocycles. The van der Waals surface area contributed by atoms with Crippen molar-refractivity contribution in [1.29, 1.82) is 0 Å². The number of hydrogen-bond donors (Lipinski definition) is 1. The summed E-state index contributed by atoms with van der Waals surface area (Å²) in [7, 11) is 1.86. The summed E-state index contributed by atoms with van der Waals surface area (Å²) < 4.78 is 7.13. The quantitative estimate of drug-likeness (QED) is 0.873. The summed E-state index contributed by atoms with van der Waals surface area (Å²) in [5.41, 5.74) is 3.20. The molecule has 2 aromatic heterocycles. The number of aromatic nitrogens is 3. The molecule has 2 aromatic rings. The number of hydrogen-bond acceptors (Lipinski definition) is 5. The molecule has 1 N–H and O–H groups in total. The topological polar surface area (TPSA) is 55.2 Å². The van der Waals surface area contributed by atoms with Crippen LogP contribution in [0.4, 0.5) is 5.82 Å². The highest BCUT2D eigenvalue weighted by Crippen LogP contribution is 2.20. The van der Waals surface area contributed by atoms with Gasteiger partial charge in [-0.3, -0.25) is 4.68 Å². The second-order valence-corrected chi connectivity index (χ2v) is 6.03. The molecule has 3 rings (SSSR count). The fourth-order valence-electron chi connectivity index (χ4n) is 2.83. The molecule has 1 fully saturated rings. The average Bonchev–Trinajstić information content (AvgIpc) is 2.82. The molecule has 0 bridgehead atoms. The number of aryl methyl sites for hydroxylation is 2. The van der Waals surface area contributed by atoms with E-state index in [0.717, 1.165) is 49.9 Å². The second-order valence-electron chi connectivity index (χ2n) is 5.67. The number of pyridine rings is 1. The summed E-state index contributed by atoms with van der Waals surface area (Å²) in [6, 6.07) is 4.09. The highest BCUT2D eigenvalue weighted by molar-refractivity contribution is 6.30. The van der Waals surface area contributed by atoms with Crippen molar-refractivity contribution in [2.45, 2.75) is 20.0 Å². The van der Waals surface area contributed by atoms with Gasteiger partial charge in [-0.2, -0.15) is 5.10 Å². The molecule has 0 aromatic carbocycles. The summed E-state index contributed by atoms with van der Waals surface area (Å²) >= 11 is 6.27. The minimum Gasteiger partial charge on any atom is -0.378 e. The van der Waals surface area contributed by atoms with Crippen molar-refractivity contribution in [2.75, 3.05) is 31.2 Å². The lowest BCUT2D eigenvalue weighted by atomic mass is 10.2. The van der Waals surface area contributed by atoms with E-state index in [4.69, 9.17) is 16.3 Å². The molecule has 1 aliphatic rings. The predicted molar refractivity (Wildman–Crippen MR) is 98.0 cm³/mol. The van der Waals surface area contributed by atoms with Crippen LogP contribution in [0.3, 0.4) is 0 Å². The molecule has 0 radical (unpaired) electrons. The fourth-order valence-corrected chi connectivity index (χ4v) is 3.07. The van der Waals surface area contributed by atoms with Crippen molar-refractivity contribution in [2.24, 2.45) is 7.05 Å². The molecule has 6 nitrogen and oxygen atoms in total. The van der Waals surface area contributed by atoms with Crippen LogP contribution in [0.1, 0.15) is 16.8 Å². The molecule has 1 saturated heterocycles. The molecule has 132 valence electrons. The van der Waals surface area contributed by atoms with Crippen LogP contribution in [0.2, 0.25) is 5.15 Å². The van der Waals surface area contributed by atoms with Crippen molar-refractivity contribution in [1.82, 2.24) is 20.1 Å². The Labute approximate surface area is 153 Å². The van der Waals surface area contributed by atoms with Gasteiger partial charge in [-0.1, -0.05) is 17.7 Å². The summed E-state index contributed by atoms with van der Waals surface area (Å²) in [4.78, 5) is 6.84. The third-order valence-electron chi connectivity index (χ3n) is 4.07. The van der Waals surface area contributed by atoms with Gasteiger partial charge in [-0.05, 0) is 13.0 Å². The molecule has 0 atom stereocenters. The number of nitrogens with one attached hydrogen (secondary N) is 1. The Morgan fingerprint density at radius 1 is 1.29 bits per heavy atom. The van der Waals surface area contributed by atoms with Crippen LogP contribution in [-0.2, 0) is 24.9 Å². The van der Waals surface area contributed by atoms with Gasteiger partial charge >= 0.3 is 0 Å². The Kier molecular flexibility index (Phi) is 6.86. The van der Waals surface area contributed by atoms with E-state index >= 15 is 0 Å². The van der Waals surface area contributed by atoms with E-state index < -0.39 is 0 Å². The van der Waals surface area contributed by atoms with Crippen LogP contribution in [-0.4, -0.2) is 41.1 Å². The number of nitrogens with zero attached hydrogens (tertiary/aromatic N) is 4. The second kappa shape index (κ2) is 8.67. The Hall–Kier alpha value is -1.34. The van der Waals surface area contributed by atoms with Crippen molar-refractivity contribution < 1.29 is 4.74 Å². The average molecular weight is 372 g/mol. The predicted octanol–water partition coefficient (Wildman–Crippen LogP) is 2.33. The van der Waals surface area contributed by atoms with Crippen LogP contribution in [0.15, 0.2) is 18.3 Å². The van der Waals surface area contributed by atoms with Crippen LogP contribution < -0.4 is 10.2 Å². The van der Waals surface area contributed by atoms with Gasteiger partial charge in [0.1, 0.15) is 11.0 Å². The zero-order valence-electron chi connectivity index (χ0n) is 14.0. The minimum atomic E-state index is 0. The lowest BCUT2D eigenvalue weighted by Gasteiger charge is -2.29. The number of morpholine rings is 1. The number of anilines is 1. The number of halogens is 2. The first kappa shape index (κ1) is 19.0. The summed E-state index contributed by atoms with van der Waals surface area (Å²) in [6.07, 6.45) is 1.84. The van der Waals surface area contributed by atoms with E-state index in [0.29, 0.717) is 11.7 Å². The van der Waals surface area contributed by atoms with E-state index in [1.165, 1.54) is 5.56 Å². The Balaban J connectivity index is 0.00000208. The van der Waals surface area contributed by atoms with E-state index in [1.807, 2.05) is 26.2 Å². The monoisotopic (exact) mass is 371 g/mol. The first-order chi connectivity index (χ1) is 11.2. The lowest BCUT2D eigenvalue weighted by molar-refractivity contribution is 0.122. The van der Waals surface area contributed by atoms with Crippen LogP contribution in [0.5, 0.6) is 0 Å². The highest BCUT2D eigenvalue weighted by Gasteiger charge is 2.16. The van der Waals surface area contributed by atoms with Crippen LogP contribution >= 0.6 is 24.0 Å². The van der Waals surface area contributed by atoms with Gasteiger partial charge in [-0.25, -0.2) is 4.98 Å². The largest absolute Gasteiger partial charge is 0.378 e. The number of rotatable bonds is 5. The highest BCUT2D eigenvalue weighted by atomic mass is 35.5. The van der Waals surface area contributed by atoms with Crippen molar-refractivity contribution >= 4 is 29.8 Å². The van der Waals surface area contributed by atoms with E-state index in [2.05, 4.69) is 26.4 Å². The lowest BCUT2D eigenvalue weighted by Crippen LogP contribution is -2.37. The molecular formula is C16H23Cl2N5O. The summed E-state index contributed by atoms with van der Waals surface area (Å²) in [5, 5.41) is 8.48. The maximum absolute atomic E-state index is 6.27. The summed E-state index contributed by atoms with van der Waals surface area (Å²) in [5.74, 6) is 1.04. The van der Waals surface area contributed by atoms with Crippen molar-refractivity contribution in [3.05, 3.63) is 40.3 Å². The van der Waals surface area contributed by atoms with Gasteiger partial charge < -0.3 is 15.0 Å². The molecule has 0 unspecified atom stereocenters. The Morgan fingerprint density at radius 3 is 2.71 bits per heavy atom. The van der Waals surface area contributed by atoms with E-state index in [9.17, 15) is 0 Å². The fraction of sp³-hybridized carbons (Fsp3) is 0.500.